The minimum absolute atomic E-state index is 0.0622. The van der Waals surface area contributed by atoms with Gasteiger partial charge in [-0.1, -0.05) is 0 Å². The lowest BCUT2D eigenvalue weighted by atomic mass is 10.0. The van der Waals surface area contributed by atoms with Gasteiger partial charge in [-0.3, -0.25) is 0 Å². The van der Waals surface area contributed by atoms with E-state index < -0.39 is 0 Å². The molecule has 9 heteroatoms. The Kier molecular flexibility index (Phi) is 5.78. The maximum atomic E-state index is 12.0. The van der Waals surface area contributed by atoms with Gasteiger partial charge in [0.05, 0.1) is 23.5 Å². The molecule has 0 saturated heterocycles. The number of hydrogen-bond donors (Lipinski definition) is 2. The van der Waals surface area contributed by atoms with Crippen molar-refractivity contribution in [1.82, 2.24) is 20.1 Å². The van der Waals surface area contributed by atoms with Crippen LogP contribution >= 0.6 is 11.3 Å². The summed E-state index contributed by atoms with van der Waals surface area (Å²) >= 11 is 1.56. The second kappa shape index (κ2) is 8.31. The normalized spacial score (nSPS) is 23.5. The third-order valence-corrected chi connectivity index (χ3v) is 6.02. The van der Waals surface area contributed by atoms with Gasteiger partial charge in [0.1, 0.15) is 11.9 Å². The molecule has 2 aliphatic rings. The Hall–Kier alpha value is -2.13. The highest BCUT2D eigenvalue weighted by Crippen LogP contribution is 2.38. The van der Waals surface area contributed by atoms with Gasteiger partial charge in [-0.25, -0.2) is 14.5 Å². The van der Waals surface area contributed by atoms with E-state index >= 15 is 0 Å². The zero-order valence-electron chi connectivity index (χ0n) is 17.2. The summed E-state index contributed by atoms with van der Waals surface area (Å²) in [6.07, 6.45) is 2.97. The fourth-order valence-corrected chi connectivity index (χ4v) is 4.49. The van der Waals surface area contributed by atoms with Crippen molar-refractivity contribution < 1.29 is 14.3 Å². The largest absolute Gasteiger partial charge is 0.446 e. The molecule has 158 valence electrons. The molecule has 6 bridgehead atoms. The maximum absolute atomic E-state index is 12.0. The average Bonchev–Trinajstić information content (AvgIpc) is 3.37. The number of nitrogens with one attached hydrogen (secondary N) is 2. The lowest BCUT2D eigenvalue weighted by Crippen LogP contribution is -2.29. The Bertz CT molecular complexity index is 857. The number of carbonyl (C=O) groups excluding carboxylic acids is 1. The fraction of sp³-hybridized carbons (Fsp3) is 0.650. The zero-order chi connectivity index (χ0) is 20.4. The maximum Gasteiger partial charge on any atom is 0.407 e. The first kappa shape index (κ1) is 20.2. The molecule has 2 aromatic rings. The van der Waals surface area contributed by atoms with Crippen molar-refractivity contribution >= 4 is 28.4 Å². The molecule has 1 amide bonds. The summed E-state index contributed by atoms with van der Waals surface area (Å²) in [6, 6.07) is 2.11. The number of ether oxygens (including phenoxy) is 2. The summed E-state index contributed by atoms with van der Waals surface area (Å²) in [5.41, 5.74) is 1.76. The van der Waals surface area contributed by atoms with Crippen LogP contribution in [0.25, 0.3) is 0 Å². The van der Waals surface area contributed by atoms with Crippen molar-refractivity contribution in [1.29, 1.82) is 0 Å². The molecule has 2 N–H and O–H groups in total. The van der Waals surface area contributed by atoms with Crippen molar-refractivity contribution in [2.75, 3.05) is 18.5 Å². The van der Waals surface area contributed by atoms with E-state index in [9.17, 15) is 4.79 Å². The van der Waals surface area contributed by atoms with E-state index in [0.29, 0.717) is 19.8 Å². The highest BCUT2D eigenvalue weighted by Gasteiger charge is 2.32. The Morgan fingerprint density at radius 2 is 2.17 bits per heavy atom. The van der Waals surface area contributed by atoms with Crippen molar-refractivity contribution in [3.8, 4) is 0 Å². The number of fused-ring (bicyclic) bond motifs is 7. The second-order valence-electron chi connectivity index (χ2n) is 8.68. The molecular formula is C20H29N5O3S. The molecule has 0 unspecified atom stereocenters. The predicted octanol–water partition coefficient (Wildman–Crippen LogP) is 4.12. The first-order valence-corrected chi connectivity index (χ1v) is 11.1. The quantitative estimate of drug-likeness (QED) is 0.668. The molecule has 2 aromatic heterocycles. The summed E-state index contributed by atoms with van der Waals surface area (Å²) in [5, 5.41) is 14.0. The SMILES string of the molecule is CC(C)(C)n1nc2cc1Nc1nc(cs1)COCCCNC(=O)O[C@@H]1CC[C@H]2C1. The van der Waals surface area contributed by atoms with Crippen molar-refractivity contribution in [2.45, 2.75) is 70.6 Å². The van der Waals surface area contributed by atoms with E-state index in [1.165, 1.54) is 0 Å². The molecule has 29 heavy (non-hydrogen) atoms. The Morgan fingerprint density at radius 1 is 1.31 bits per heavy atom. The smallest absolute Gasteiger partial charge is 0.407 e. The van der Waals surface area contributed by atoms with Crippen LogP contribution in [0.3, 0.4) is 0 Å². The predicted molar refractivity (Wildman–Crippen MR) is 112 cm³/mol. The van der Waals surface area contributed by atoms with Gasteiger partial charge in [-0.15, -0.1) is 11.3 Å². The molecule has 0 spiro atoms. The van der Waals surface area contributed by atoms with Gasteiger partial charge in [0.2, 0.25) is 0 Å². The molecule has 3 heterocycles. The topological polar surface area (TPSA) is 90.3 Å². The number of aromatic nitrogens is 3. The van der Waals surface area contributed by atoms with Gasteiger partial charge in [0.15, 0.2) is 5.13 Å². The van der Waals surface area contributed by atoms with Gasteiger partial charge >= 0.3 is 6.09 Å². The van der Waals surface area contributed by atoms with Crippen LogP contribution in [-0.2, 0) is 21.6 Å². The molecule has 0 radical (unpaired) electrons. The fourth-order valence-electron chi connectivity index (χ4n) is 3.79. The monoisotopic (exact) mass is 419 g/mol. The molecule has 4 rings (SSSR count). The van der Waals surface area contributed by atoms with E-state index in [2.05, 4.69) is 42.5 Å². The second-order valence-corrected chi connectivity index (χ2v) is 9.53. The number of anilines is 2. The van der Waals surface area contributed by atoms with Crippen LogP contribution in [0, 0.1) is 0 Å². The average molecular weight is 420 g/mol. The number of amides is 1. The van der Waals surface area contributed by atoms with Crippen molar-refractivity contribution in [3.05, 3.63) is 22.8 Å². The van der Waals surface area contributed by atoms with Gasteiger partial charge < -0.3 is 20.1 Å². The Morgan fingerprint density at radius 3 is 3.00 bits per heavy atom. The van der Waals surface area contributed by atoms with Crippen LogP contribution in [-0.4, -0.2) is 40.1 Å². The van der Waals surface area contributed by atoms with E-state index in [4.69, 9.17) is 14.6 Å². The number of alkyl carbamates (subject to hydrolysis) is 1. The lowest BCUT2D eigenvalue weighted by molar-refractivity contribution is 0.0957. The Labute approximate surface area is 175 Å². The molecule has 1 saturated carbocycles. The standard InChI is InChI=1S/C20H29N5O3S/c1-20(2,3)25-17-10-16(24-25)13-5-6-15(9-13)28-19(26)21-7-4-8-27-11-14-12-29-18(22-14)23-17/h10,12-13,15H,4-9,11H2,1-3H3,(H,21,26)(H,22,23)/t13-,15+/m0/s1. The zero-order valence-corrected chi connectivity index (χ0v) is 18.1. The molecule has 8 nitrogen and oxygen atoms in total. The third kappa shape index (κ3) is 4.90. The highest BCUT2D eigenvalue weighted by atomic mass is 32.1. The molecule has 2 atom stereocenters. The van der Waals surface area contributed by atoms with Crippen LogP contribution in [0.4, 0.5) is 15.7 Å². The summed E-state index contributed by atoms with van der Waals surface area (Å²) in [6.45, 7) is 7.96. The van der Waals surface area contributed by atoms with Crippen molar-refractivity contribution in [2.24, 2.45) is 0 Å². The summed E-state index contributed by atoms with van der Waals surface area (Å²) in [5.74, 6) is 1.22. The highest BCUT2D eigenvalue weighted by molar-refractivity contribution is 7.13. The number of rotatable bonds is 0. The van der Waals surface area contributed by atoms with Crippen molar-refractivity contribution in [3.63, 3.8) is 0 Å². The molecule has 0 aromatic carbocycles. The summed E-state index contributed by atoms with van der Waals surface area (Å²) < 4.78 is 13.3. The summed E-state index contributed by atoms with van der Waals surface area (Å²) in [7, 11) is 0. The molecule has 1 aliphatic carbocycles. The van der Waals surface area contributed by atoms with Gasteiger partial charge in [0, 0.05) is 30.5 Å². The van der Waals surface area contributed by atoms with Gasteiger partial charge in [-0.2, -0.15) is 5.10 Å². The number of thiazole rings is 1. The first-order chi connectivity index (χ1) is 13.9. The van der Waals surface area contributed by atoms with E-state index in [1.54, 1.807) is 11.3 Å². The van der Waals surface area contributed by atoms with E-state index in [1.807, 2.05) is 10.1 Å². The van der Waals surface area contributed by atoms with Crippen LogP contribution < -0.4 is 10.6 Å². The minimum Gasteiger partial charge on any atom is -0.446 e. The lowest BCUT2D eigenvalue weighted by Gasteiger charge is -2.22. The van der Waals surface area contributed by atoms with Crippen LogP contribution in [0.5, 0.6) is 0 Å². The molecular weight excluding hydrogens is 390 g/mol. The number of nitrogens with zero attached hydrogens (tertiary/aromatic N) is 3. The van der Waals surface area contributed by atoms with Crippen LogP contribution in [0.15, 0.2) is 11.4 Å². The van der Waals surface area contributed by atoms with Crippen LogP contribution in [0.1, 0.15) is 63.8 Å². The van der Waals surface area contributed by atoms with Gasteiger partial charge in [0.25, 0.3) is 0 Å². The summed E-state index contributed by atoms with van der Waals surface area (Å²) in [4.78, 5) is 16.7. The molecule has 1 aliphatic heterocycles. The number of hydrogen-bond acceptors (Lipinski definition) is 7. The first-order valence-electron chi connectivity index (χ1n) is 10.2. The Balaban J connectivity index is 1.61. The molecule has 1 fully saturated rings. The third-order valence-electron chi connectivity index (χ3n) is 5.21. The minimum atomic E-state index is -0.344. The number of carbonyl (C=O) groups is 1. The van der Waals surface area contributed by atoms with E-state index in [0.717, 1.165) is 48.0 Å². The van der Waals surface area contributed by atoms with Crippen LogP contribution in [0.2, 0.25) is 0 Å². The van der Waals surface area contributed by atoms with Gasteiger partial charge in [-0.05, 0) is 46.5 Å². The van der Waals surface area contributed by atoms with E-state index in [-0.39, 0.29) is 23.7 Å².